The lowest BCUT2D eigenvalue weighted by Crippen LogP contribution is -2.44. The number of para-hydroxylation sites is 2. The Morgan fingerprint density at radius 1 is 1.07 bits per heavy atom. The van der Waals surface area contributed by atoms with Gasteiger partial charge in [0, 0.05) is 37.4 Å². The summed E-state index contributed by atoms with van der Waals surface area (Å²) in [6, 6.07) is 14.8. The van der Waals surface area contributed by atoms with Gasteiger partial charge in [0.2, 0.25) is 11.9 Å². The van der Waals surface area contributed by atoms with Crippen molar-refractivity contribution in [3.8, 4) is 0 Å². The lowest BCUT2D eigenvalue weighted by molar-refractivity contribution is -0.120. The molecule has 3 aromatic rings. The monoisotopic (exact) mass is 405 g/mol. The number of hydrogen-bond donors (Lipinski definition) is 2. The van der Waals surface area contributed by atoms with Gasteiger partial charge in [-0.3, -0.25) is 14.5 Å². The zero-order valence-electron chi connectivity index (χ0n) is 17.4. The van der Waals surface area contributed by atoms with E-state index in [0.717, 1.165) is 49.6 Å². The number of rotatable bonds is 5. The highest BCUT2D eigenvalue weighted by Gasteiger charge is 2.25. The Morgan fingerprint density at radius 3 is 2.70 bits per heavy atom. The number of aromatic nitrogens is 2. The smallest absolute Gasteiger partial charge is 0.241 e. The van der Waals surface area contributed by atoms with Crippen LogP contribution in [0.15, 0.2) is 48.5 Å². The summed E-state index contributed by atoms with van der Waals surface area (Å²) in [7, 11) is 0. The maximum absolute atomic E-state index is 12.8. The number of carbonyl (C=O) groups excluding carboxylic acids is 2. The quantitative estimate of drug-likeness (QED) is 0.637. The SMILES string of the molecule is CC(=O)c1cccc(NC(=O)C(C)N2CCCN(c3nc4ccccc4[nH]3)CC2)c1. The molecule has 1 atom stereocenters. The van der Waals surface area contributed by atoms with Crippen LogP contribution in [0.1, 0.15) is 30.6 Å². The first-order valence-electron chi connectivity index (χ1n) is 10.4. The first-order chi connectivity index (χ1) is 14.5. The molecule has 30 heavy (non-hydrogen) atoms. The van der Waals surface area contributed by atoms with Gasteiger partial charge in [0.1, 0.15) is 0 Å². The molecule has 4 rings (SSSR count). The molecule has 0 aliphatic carbocycles. The molecular formula is C23H27N5O2. The zero-order chi connectivity index (χ0) is 21.1. The fourth-order valence-corrected chi connectivity index (χ4v) is 3.85. The molecule has 1 amide bonds. The van der Waals surface area contributed by atoms with Crippen LogP contribution in [-0.4, -0.2) is 58.8 Å². The number of H-pyrrole nitrogens is 1. The molecule has 2 heterocycles. The number of hydrogen-bond acceptors (Lipinski definition) is 5. The van der Waals surface area contributed by atoms with Gasteiger partial charge in [-0.15, -0.1) is 0 Å². The van der Waals surface area contributed by atoms with Crippen LogP contribution in [0.4, 0.5) is 11.6 Å². The fourth-order valence-electron chi connectivity index (χ4n) is 3.85. The number of imidazole rings is 1. The predicted molar refractivity (Wildman–Crippen MR) is 119 cm³/mol. The maximum atomic E-state index is 12.8. The van der Waals surface area contributed by atoms with Crippen LogP contribution in [0.2, 0.25) is 0 Å². The van der Waals surface area contributed by atoms with Gasteiger partial charge in [0.25, 0.3) is 0 Å². The summed E-state index contributed by atoms with van der Waals surface area (Å²) in [5.74, 6) is 0.807. The minimum atomic E-state index is -0.262. The lowest BCUT2D eigenvalue weighted by Gasteiger charge is -2.27. The summed E-state index contributed by atoms with van der Waals surface area (Å²) in [6.07, 6.45) is 0.953. The van der Waals surface area contributed by atoms with E-state index in [1.165, 1.54) is 6.92 Å². The third kappa shape index (κ3) is 4.36. The number of amides is 1. The summed E-state index contributed by atoms with van der Waals surface area (Å²) in [5.41, 5.74) is 3.25. The second-order valence-corrected chi connectivity index (χ2v) is 7.76. The molecule has 7 heteroatoms. The number of carbonyl (C=O) groups is 2. The number of nitrogens with one attached hydrogen (secondary N) is 2. The van der Waals surface area contributed by atoms with E-state index in [1.54, 1.807) is 18.2 Å². The van der Waals surface area contributed by atoms with E-state index >= 15 is 0 Å². The number of aromatic amines is 1. The van der Waals surface area contributed by atoms with Crippen molar-refractivity contribution in [2.45, 2.75) is 26.3 Å². The van der Waals surface area contributed by atoms with Gasteiger partial charge in [0.15, 0.2) is 5.78 Å². The summed E-state index contributed by atoms with van der Waals surface area (Å²) in [4.78, 5) is 36.9. The van der Waals surface area contributed by atoms with Gasteiger partial charge in [-0.1, -0.05) is 24.3 Å². The Labute approximate surface area is 176 Å². The van der Waals surface area contributed by atoms with Crippen molar-refractivity contribution < 1.29 is 9.59 Å². The van der Waals surface area contributed by atoms with Gasteiger partial charge < -0.3 is 15.2 Å². The van der Waals surface area contributed by atoms with Crippen LogP contribution >= 0.6 is 0 Å². The summed E-state index contributed by atoms with van der Waals surface area (Å²) < 4.78 is 0. The minimum absolute atomic E-state index is 0.0163. The van der Waals surface area contributed by atoms with Crippen LogP contribution in [-0.2, 0) is 4.79 Å². The number of ketones is 1. The summed E-state index contributed by atoms with van der Waals surface area (Å²) in [5, 5.41) is 2.95. The molecule has 0 radical (unpaired) electrons. The fraction of sp³-hybridized carbons (Fsp3) is 0.348. The van der Waals surface area contributed by atoms with E-state index in [0.29, 0.717) is 11.3 Å². The highest BCUT2D eigenvalue weighted by molar-refractivity contribution is 5.98. The van der Waals surface area contributed by atoms with Crippen LogP contribution in [0.25, 0.3) is 11.0 Å². The van der Waals surface area contributed by atoms with Crippen molar-refractivity contribution in [1.29, 1.82) is 0 Å². The molecule has 2 N–H and O–H groups in total. The van der Waals surface area contributed by atoms with E-state index in [-0.39, 0.29) is 17.7 Å². The van der Waals surface area contributed by atoms with Crippen molar-refractivity contribution in [1.82, 2.24) is 14.9 Å². The normalized spacial score (nSPS) is 16.3. The zero-order valence-corrected chi connectivity index (χ0v) is 17.4. The first-order valence-corrected chi connectivity index (χ1v) is 10.4. The van der Waals surface area contributed by atoms with Crippen molar-refractivity contribution in [3.63, 3.8) is 0 Å². The molecule has 7 nitrogen and oxygen atoms in total. The summed E-state index contributed by atoms with van der Waals surface area (Å²) in [6.45, 7) is 6.77. The second kappa shape index (κ2) is 8.67. The van der Waals surface area contributed by atoms with Crippen LogP contribution in [0, 0.1) is 0 Å². The number of anilines is 2. The third-order valence-corrected chi connectivity index (χ3v) is 5.67. The highest BCUT2D eigenvalue weighted by atomic mass is 16.2. The van der Waals surface area contributed by atoms with Crippen LogP contribution in [0.5, 0.6) is 0 Å². The Balaban J connectivity index is 1.39. The minimum Gasteiger partial charge on any atom is -0.341 e. The van der Waals surface area contributed by atoms with E-state index < -0.39 is 0 Å². The first kappa shape index (κ1) is 20.1. The molecular weight excluding hydrogens is 378 g/mol. The van der Waals surface area contributed by atoms with E-state index in [4.69, 9.17) is 4.98 Å². The lowest BCUT2D eigenvalue weighted by atomic mass is 10.1. The molecule has 1 fully saturated rings. The molecule has 0 spiro atoms. The number of benzene rings is 2. The Morgan fingerprint density at radius 2 is 1.90 bits per heavy atom. The topological polar surface area (TPSA) is 81.3 Å². The van der Waals surface area contributed by atoms with Crippen molar-refractivity contribution in [2.24, 2.45) is 0 Å². The molecule has 1 saturated heterocycles. The van der Waals surface area contributed by atoms with Crippen LogP contribution in [0.3, 0.4) is 0 Å². The summed E-state index contributed by atoms with van der Waals surface area (Å²) >= 11 is 0. The van der Waals surface area contributed by atoms with Gasteiger partial charge in [0.05, 0.1) is 17.1 Å². The highest BCUT2D eigenvalue weighted by Crippen LogP contribution is 2.19. The van der Waals surface area contributed by atoms with Gasteiger partial charge in [-0.05, 0) is 44.5 Å². The van der Waals surface area contributed by atoms with E-state index in [2.05, 4.69) is 20.1 Å². The average Bonchev–Trinajstić information content (AvgIpc) is 3.03. The van der Waals surface area contributed by atoms with Crippen molar-refractivity contribution in [3.05, 3.63) is 54.1 Å². The molecule has 1 aromatic heterocycles. The molecule has 1 aliphatic heterocycles. The maximum Gasteiger partial charge on any atom is 0.241 e. The van der Waals surface area contributed by atoms with Gasteiger partial charge >= 0.3 is 0 Å². The Kier molecular flexibility index (Phi) is 5.81. The molecule has 1 aliphatic rings. The van der Waals surface area contributed by atoms with Gasteiger partial charge in [-0.25, -0.2) is 4.98 Å². The average molecular weight is 406 g/mol. The Hall–Kier alpha value is -3.19. The van der Waals surface area contributed by atoms with Crippen LogP contribution < -0.4 is 10.2 Å². The molecule has 1 unspecified atom stereocenters. The molecule has 156 valence electrons. The van der Waals surface area contributed by atoms with E-state index in [9.17, 15) is 9.59 Å². The van der Waals surface area contributed by atoms with Crippen molar-refractivity contribution >= 4 is 34.4 Å². The number of fused-ring (bicyclic) bond motifs is 1. The predicted octanol–water partition coefficient (Wildman–Crippen LogP) is 3.30. The third-order valence-electron chi connectivity index (χ3n) is 5.67. The second-order valence-electron chi connectivity index (χ2n) is 7.76. The number of nitrogens with zero attached hydrogens (tertiary/aromatic N) is 3. The molecule has 0 bridgehead atoms. The standard InChI is InChI=1S/C23H27N5O2/c1-16(22(30)24-19-8-5-7-18(15-19)17(2)29)27-11-6-12-28(14-13-27)23-25-20-9-3-4-10-21(20)26-23/h3-5,7-10,15-16H,6,11-14H2,1-2H3,(H,24,30)(H,25,26). The Bertz CT molecular complexity index is 1030. The van der Waals surface area contributed by atoms with Gasteiger partial charge in [-0.2, -0.15) is 0 Å². The largest absolute Gasteiger partial charge is 0.341 e. The molecule has 2 aromatic carbocycles. The number of Topliss-reactive ketones (excluding diaryl/α,β-unsaturated/α-hetero) is 1. The molecule has 0 saturated carbocycles. The van der Waals surface area contributed by atoms with Crippen molar-refractivity contribution in [2.75, 3.05) is 36.4 Å². The van der Waals surface area contributed by atoms with E-state index in [1.807, 2.05) is 37.3 Å².